The molecule has 0 radical (unpaired) electrons. The average molecular weight is 432 g/mol. The summed E-state index contributed by atoms with van der Waals surface area (Å²) in [5, 5.41) is 9.09. The summed E-state index contributed by atoms with van der Waals surface area (Å²) in [7, 11) is 0. The second-order valence-electron chi connectivity index (χ2n) is 8.47. The van der Waals surface area contributed by atoms with Gasteiger partial charge in [-0.1, -0.05) is 37.5 Å². The van der Waals surface area contributed by atoms with Crippen LogP contribution in [0, 0.1) is 24.5 Å². The predicted molar refractivity (Wildman–Crippen MR) is 116 cm³/mol. The summed E-state index contributed by atoms with van der Waals surface area (Å²) in [6.07, 6.45) is 6.14. The highest BCUT2D eigenvalue weighted by molar-refractivity contribution is 5.66. The van der Waals surface area contributed by atoms with Crippen LogP contribution in [0.1, 0.15) is 55.2 Å². The first-order valence-electron chi connectivity index (χ1n) is 11.0. The van der Waals surface area contributed by atoms with Crippen molar-refractivity contribution in [3.63, 3.8) is 0 Å². The summed E-state index contributed by atoms with van der Waals surface area (Å²) >= 11 is 0. The molecule has 0 saturated heterocycles. The van der Waals surface area contributed by atoms with Crippen LogP contribution in [-0.4, -0.2) is 29.1 Å². The van der Waals surface area contributed by atoms with Crippen LogP contribution in [0.2, 0.25) is 0 Å². The molecule has 2 aromatic rings. The smallest absolute Gasteiger partial charge is 0.304 e. The monoisotopic (exact) mass is 431 g/mol. The van der Waals surface area contributed by atoms with Gasteiger partial charge < -0.3 is 9.84 Å². The SMILES string of the molecule is Cc1ccc(F)c(CN(CCC(=O)O)Cc2cccc(OCC3CCCCC3)c2)c1F. The zero-order valence-electron chi connectivity index (χ0n) is 18.1. The van der Waals surface area contributed by atoms with Crippen molar-refractivity contribution >= 4 is 5.97 Å². The molecule has 0 amide bonds. The van der Waals surface area contributed by atoms with Crippen molar-refractivity contribution < 1.29 is 23.4 Å². The van der Waals surface area contributed by atoms with Crippen molar-refractivity contribution in [3.8, 4) is 5.75 Å². The summed E-state index contributed by atoms with van der Waals surface area (Å²) in [5.41, 5.74) is 1.25. The van der Waals surface area contributed by atoms with Gasteiger partial charge in [-0.25, -0.2) is 8.78 Å². The summed E-state index contributed by atoms with van der Waals surface area (Å²) in [5.74, 6) is -0.774. The Morgan fingerprint density at radius 1 is 1.13 bits per heavy atom. The topological polar surface area (TPSA) is 49.8 Å². The van der Waals surface area contributed by atoms with Gasteiger partial charge in [-0.3, -0.25) is 9.69 Å². The Balaban J connectivity index is 1.69. The number of halogens is 2. The highest BCUT2D eigenvalue weighted by Gasteiger charge is 2.18. The summed E-state index contributed by atoms with van der Waals surface area (Å²) < 4.78 is 34.8. The minimum atomic E-state index is -0.945. The molecule has 1 saturated carbocycles. The summed E-state index contributed by atoms with van der Waals surface area (Å²) in [6.45, 7) is 2.86. The number of hydrogen-bond acceptors (Lipinski definition) is 3. The summed E-state index contributed by atoms with van der Waals surface area (Å²) in [6, 6.07) is 10.3. The Hall–Kier alpha value is -2.47. The van der Waals surface area contributed by atoms with Gasteiger partial charge >= 0.3 is 5.97 Å². The van der Waals surface area contributed by atoms with Crippen molar-refractivity contribution in [1.29, 1.82) is 0 Å². The van der Waals surface area contributed by atoms with Crippen LogP contribution in [0.3, 0.4) is 0 Å². The Morgan fingerprint density at radius 3 is 2.65 bits per heavy atom. The molecule has 3 rings (SSSR count). The maximum Gasteiger partial charge on any atom is 0.304 e. The molecule has 1 aliphatic carbocycles. The molecule has 0 unspecified atom stereocenters. The van der Waals surface area contributed by atoms with Gasteiger partial charge in [0, 0.05) is 25.2 Å². The second kappa shape index (κ2) is 11.2. The van der Waals surface area contributed by atoms with E-state index in [9.17, 15) is 13.6 Å². The molecule has 1 fully saturated rings. The number of carboxylic acid groups (broad SMARTS) is 1. The Labute approximate surface area is 182 Å². The lowest BCUT2D eigenvalue weighted by Crippen LogP contribution is -2.27. The first kappa shape index (κ1) is 23.2. The maximum absolute atomic E-state index is 14.5. The fourth-order valence-corrected chi connectivity index (χ4v) is 4.11. The van der Waals surface area contributed by atoms with Crippen molar-refractivity contribution in [3.05, 3.63) is 64.7 Å². The van der Waals surface area contributed by atoms with Crippen molar-refractivity contribution in [1.82, 2.24) is 4.90 Å². The van der Waals surface area contributed by atoms with Crippen molar-refractivity contribution in [2.24, 2.45) is 5.92 Å². The quantitative estimate of drug-likeness (QED) is 0.524. The third kappa shape index (κ3) is 7.03. The van der Waals surface area contributed by atoms with E-state index >= 15 is 0 Å². The fraction of sp³-hybridized carbons (Fsp3) is 0.480. The molecular formula is C25H31F2NO3. The number of benzene rings is 2. The molecule has 1 N–H and O–H groups in total. The number of carboxylic acids is 1. The van der Waals surface area contributed by atoms with E-state index in [1.807, 2.05) is 24.3 Å². The molecule has 168 valence electrons. The van der Waals surface area contributed by atoms with E-state index in [4.69, 9.17) is 9.84 Å². The lowest BCUT2D eigenvalue weighted by molar-refractivity contribution is -0.137. The predicted octanol–water partition coefficient (Wildman–Crippen LogP) is 5.71. The largest absolute Gasteiger partial charge is 0.493 e. The lowest BCUT2D eigenvalue weighted by Gasteiger charge is -2.24. The average Bonchev–Trinajstić information content (AvgIpc) is 2.77. The van der Waals surface area contributed by atoms with E-state index in [2.05, 4.69) is 0 Å². The van der Waals surface area contributed by atoms with Crippen molar-refractivity contribution in [2.45, 2.75) is 58.5 Å². The van der Waals surface area contributed by atoms with E-state index < -0.39 is 17.6 Å². The molecule has 31 heavy (non-hydrogen) atoms. The zero-order chi connectivity index (χ0) is 22.2. The van der Waals surface area contributed by atoms with Crippen LogP contribution in [0.5, 0.6) is 5.75 Å². The number of ether oxygens (including phenoxy) is 1. The molecule has 0 heterocycles. The van der Waals surface area contributed by atoms with Crippen LogP contribution in [0.25, 0.3) is 0 Å². The highest BCUT2D eigenvalue weighted by Crippen LogP contribution is 2.25. The first-order valence-corrected chi connectivity index (χ1v) is 11.0. The van der Waals surface area contributed by atoms with Crippen LogP contribution in [-0.2, 0) is 17.9 Å². The molecule has 1 aliphatic rings. The van der Waals surface area contributed by atoms with E-state index in [0.29, 0.717) is 24.6 Å². The number of carbonyl (C=O) groups is 1. The van der Waals surface area contributed by atoms with Gasteiger partial charge in [0.15, 0.2) is 0 Å². The Kier molecular flexibility index (Phi) is 8.41. The summed E-state index contributed by atoms with van der Waals surface area (Å²) in [4.78, 5) is 12.9. The number of rotatable bonds is 10. The molecular weight excluding hydrogens is 400 g/mol. The second-order valence-corrected chi connectivity index (χ2v) is 8.47. The number of aliphatic carboxylic acids is 1. The van der Waals surface area contributed by atoms with E-state index in [1.165, 1.54) is 44.2 Å². The number of aryl methyl sites for hydroxylation is 1. The Morgan fingerprint density at radius 2 is 1.90 bits per heavy atom. The number of nitrogens with zero attached hydrogens (tertiary/aromatic N) is 1. The molecule has 0 bridgehead atoms. The number of hydrogen-bond donors (Lipinski definition) is 1. The van der Waals surface area contributed by atoms with Gasteiger partial charge in [-0.2, -0.15) is 0 Å². The van der Waals surface area contributed by atoms with Crippen LogP contribution in [0.4, 0.5) is 8.78 Å². The van der Waals surface area contributed by atoms with Gasteiger partial charge in [0.25, 0.3) is 0 Å². The standard InChI is InChI=1S/C25H31F2NO3/c1-18-10-11-23(26)22(25(18)27)16-28(13-12-24(29)30)15-20-8-5-9-21(14-20)31-17-19-6-3-2-4-7-19/h5,8-11,14,19H,2-4,6-7,12-13,15-17H2,1H3,(H,29,30). The van der Waals surface area contributed by atoms with Gasteiger partial charge in [0.1, 0.15) is 17.4 Å². The van der Waals surface area contributed by atoms with Crippen LogP contribution < -0.4 is 4.74 Å². The lowest BCUT2D eigenvalue weighted by atomic mass is 9.90. The first-order chi connectivity index (χ1) is 14.9. The van der Waals surface area contributed by atoms with Crippen LogP contribution in [0.15, 0.2) is 36.4 Å². The van der Waals surface area contributed by atoms with E-state index in [0.717, 1.165) is 11.3 Å². The maximum atomic E-state index is 14.5. The molecule has 0 aliphatic heterocycles. The van der Waals surface area contributed by atoms with E-state index in [-0.39, 0.29) is 25.1 Å². The van der Waals surface area contributed by atoms with Gasteiger partial charge in [0.05, 0.1) is 13.0 Å². The van der Waals surface area contributed by atoms with Crippen molar-refractivity contribution in [2.75, 3.05) is 13.2 Å². The Bertz CT molecular complexity index is 881. The van der Waals surface area contributed by atoms with Gasteiger partial charge in [0.2, 0.25) is 0 Å². The van der Waals surface area contributed by atoms with Crippen LogP contribution >= 0.6 is 0 Å². The molecule has 0 spiro atoms. The van der Waals surface area contributed by atoms with E-state index in [1.54, 1.807) is 11.8 Å². The molecule has 2 aromatic carbocycles. The fourth-order valence-electron chi connectivity index (χ4n) is 4.11. The third-order valence-corrected chi connectivity index (χ3v) is 5.92. The normalized spacial score (nSPS) is 14.7. The molecule has 6 heteroatoms. The van der Waals surface area contributed by atoms with Gasteiger partial charge in [-0.15, -0.1) is 0 Å². The molecule has 4 nitrogen and oxygen atoms in total. The minimum absolute atomic E-state index is 0.000213. The zero-order valence-corrected chi connectivity index (χ0v) is 18.1. The van der Waals surface area contributed by atoms with Gasteiger partial charge in [-0.05, 0) is 55.0 Å². The highest BCUT2D eigenvalue weighted by atomic mass is 19.1. The minimum Gasteiger partial charge on any atom is -0.493 e. The molecule has 0 aromatic heterocycles. The molecule has 0 atom stereocenters. The third-order valence-electron chi connectivity index (χ3n) is 5.92.